The van der Waals surface area contributed by atoms with Crippen molar-refractivity contribution < 1.29 is 12.8 Å². The molecule has 1 aromatic rings. The summed E-state index contributed by atoms with van der Waals surface area (Å²) in [7, 11) is -3.67. The van der Waals surface area contributed by atoms with Gasteiger partial charge in [0.1, 0.15) is 5.82 Å². The van der Waals surface area contributed by atoms with Crippen LogP contribution in [-0.2, 0) is 15.9 Å². The van der Waals surface area contributed by atoms with E-state index in [-0.39, 0.29) is 21.4 Å². The molecule has 1 saturated heterocycles. The molecule has 1 fully saturated rings. The van der Waals surface area contributed by atoms with E-state index in [1.807, 2.05) is 6.92 Å². The molecule has 1 atom stereocenters. The Labute approximate surface area is 122 Å². The molecule has 0 saturated carbocycles. The molecule has 0 amide bonds. The minimum atomic E-state index is -3.67. The monoisotopic (exact) mass is 325 g/mol. The van der Waals surface area contributed by atoms with E-state index >= 15 is 0 Å². The molecule has 0 radical (unpaired) electrons. The number of halogens is 3. The van der Waals surface area contributed by atoms with Gasteiger partial charge in [0.05, 0.1) is 9.92 Å². The third kappa shape index (κ3) is 2.89. The molecule has 1 aliphatic heterocycles. The molecule has 1 aromatic carbocycles. The Morgan fingerprint density at radius 3 is 2.68 bits per heavy atom. The second kappa shape index (κ2) is 5.56. The zero-order valence-electron chi connectivity index (χ0n) is 10.4. The third-order valence-corrected chi connectivity index (χ3v) is 5.80. The second-order valence-corrected chi connectivity index (χ2v) is 7.35. The molecular weight excluding hydrogens is 312 g/mol. The normalized spacial score (nSPS) is 20.9. The van der Waals surface area contributed by atoms with Crippen molar-refractivity contribution in [3.05, 3.63) is 28.5 Å². The number of sulfonamides is 1. The molecule has 106 valence electrons. The highest BCUT2D eigenvalue weighted by Gasteiger charge is 2.31. The maximum Gasteiger partial charge on any atom is 0.243 e. The van der Waals surface area contributed by atoms with Gasteiger partial charge < -0.3 is 0 Å². The van der Waals surface area contributed by atoms with E-state index in [1.165, 1.54) is 10.4 Å². The van der Waals surface area contributed by atoms with Gasteiger partial charge >= 0.3 is 0 Å². The van der Waals surface area contributed by atoms with Crippen LogP contribution in [0.1, 0.15) is 18.9 Å². The number of rotatable bonds is 3. The fourth-order valence-corrected chi connectivity index (χ4v) is 4.22. The summed E-state index contributed by atoms with van der Waals surface area (Å²) >= 11 is 11.4. The van der Waals surface area contributed by atoms with E-state index in [0.717, 1.165) is 12.5 Å². The van der Waals surface area contributed by atoms with Gasteiger partial charge in [-0.15, -0.1) is 11.6 Å². The van der Waals surface area contributed by atoms with Gasteiger partial charge in [-0.1, -0.05) is 18.5 Å². The number of hydrogen-bond donors (Lipinski definition) is 0. The Bertz CT molecular complexity index is 592. The smallest absolute Gasteiger partial charge is 0.207 e. The van der Waals surface area contributed by atoms with Crippen LogP contribution in [0.15, 0.2) is 17.0 Å². The molecule has 0 aliphatic carbocycles. The molecule has 1 aliphatic rings. The highest BCUT2D eigenvalue weighted by molar-refractivity contribution is 7.89. The van der Waals surface area contributed by atoms with Crippen LogP contribution in [0.25, 0.3) is 0 Å². The highest BCUT2D eigenvalue weighted by atomic mass is 35.5. The molecule has 0 spiro atoms. The fourth-order valence-electron chi connectivity index (χ4n) is 2.13. The van der Waals surface area contributed by atoms with Crippen molar-refractivity contribution in [3.63, 3.8) is 0 Å². The zero-order chi connectivity index (χ0) is 14.2. The van der Waals surface area contributed by atoms with Gasteiger partial charge in [0, 0.05) is 19.0 Å². The first-order valence-electron chi connectivity index (χ1n) is 5.90. The number of hydrogen-bond acceptors (Lipinski definition) is 2. The first kappa shape index (κ1) is 15.0. The predicted molar refractivity (Wildman–Crippen MR) is 73.5 cm³/mol. The Hall–Kier alpha value is -0.360. The Morgan fingerprint density at radius 1 is 1.47 bits per heavy atom. The topological polar surface area (TPSA) is 37.4 Å². The molecule has 1 heterocycles. The van der Waals surface area contributed by atoms with Gasteiger partial charge in [0.2, 0.25) is 10.0 Å². The largest absolute Gasteiger partial charge is 0.243 e. The van der Waals surface area contributed by atoms with Gasteiger partial charge in [0.15, 0.2) is 0 Å². The van der Waals surface area contributed by atoms with Crippen LogP contribution in [0.4, 0.5) is 4.39 Å². The van der Waals surface area contributed by atoms with Gasteiger partial charge in [-0.3, -0.25) is 0 Å². The van der Waals surface area contributed by atoms with Crippen LogP contribution in [0, 0.1) is 11.7 Å². The Morgan fingerprint density at radius 2 is 2.16 bits per heavy atom. The molecular formula is C12H14Cl2FNO2S. The van der Waals surface area contributed by atoms with Crippen LogP contribution >= 0.6 is 23.2 Å². The average Bonchev–Trinajstić information content (AvgIpc) is 2.79. The minimum Gasteiger partial charge on any atom is -0.207 e. The van der Waals surface area contributed by atoms with Gasteiger partial charge in [0.25, 0.3) is 0 Å². The quantitative estimate of drug-likeness (QED) is 0.800. The summed E-state index contributed by atoms with van der Waals surface area (Å²) < 4.78 is 39.8. The third-order valence-electron chi connectivity index (χ3n) is 3.25. The molecule has 3 nitrogen and oxygen atoms in total. The molecule has 0 bridgehead atoms. The van der Waals surface area contributed by atoms with Crippen LogP contribution in [-0.4, -0.2) is 25.8 Å². The van der Waals surface area contributed by atoms with E-state index in [1.54, 1.807) is 0 Å². The van der Waals surface area contributed by atoms with Gasteiger partial charge in [-0.2, -0.15) is 4.31 Å². The van der Waals surface area contributed by atoms with Crippen molar-refractivity contribution in [2.45, 2.75) is 24.1 Å². The van der Waals surface area contributed by atoms with Crippen molar-refractivity contribution in [3.8, 4) is 0 Å². The second-order valence-electron chi connectivity index (χ2n) is 4.77. The van der Waals surface area contributed by atoms with E-state index in [4.69, 9.17) is 23.2 Å². The van der Waals surface area contributed by atoms with Crippen LogP contribution in [0.3, 0.4) is 0 Å². The summed E-state index contributed by atoms with van der Waals surface area (Å²) in [5.41, 5.74) is 0.286. The molecule has 0 N–H and O–H groups in total. The standard InChI is InChI=1S/C12H14Cl2FNO2S/c1-8-2-3-16(7-8)19(17,18)10-4-9(6-13)12(14)11(15)5-10/h4-5,8H,2-3,6-7H2,1H3. The summed E-state index contributed by atoms with van der Waals surface area (Å²) in [6.45, 7) is 2.91. The van der Waals surface area contributed by atoms with Crippen molar-refractivity contribution >= 4 is 33.2 Å². The van der Waals surface area contributed by atoms with Crippen LogP contribution < -0.4 is 0 Å². The first-order chi connectivity index (χ1) is 8.86. The predicted octanol–water partition coefficient (Wildman–Crippen LogP) is 3.25. The summed E-state index contributed by atoms with van der Waals surface area (Å²) in [5, 5.41) is -0.122. The Kier molecular flexibility index (Phi) is 4.40. The summed E-state index contributed by atoms with van der Waals surface area (Å²) in [6.07, 6.45) is 0.817. The van der Waals surface area contributed by atoms with Crippen LogP contribution in [0.5, 0.6) is 0 Å². The fraction of sp³-hybridized carbons (Fsp3) is 0.500. The van der Waals surface area contributed by atoms with Crippen molar-refractivity contribution in [1.82, 2.24) is 4.31 Å². The maximum absolute atomic E-state index is 13.6. The lowest BCUT2D eigenvalue weighted by molar-refractivity contribution is 0.463. The molecule has 2 rings (SSSR count). The van der Waals surface area contributed by atoms with E-state index in [2.05, 4.69) is 0 Å². The van der Waals surface area contributed by atoms with Crippen molar-refractivity contribution in [1.29, 1.82) is 0 Å². The van der Waals surface area contributed by atoms with Crippen molar-refractivity contribution in [2.75, 3.05) is 13.1 Å². The first-order valence-corrected chi connectivity index (χ1v) is 8.25. The highest BCUT2D eigenvalue weighted by Crippen LogP contribution is 2.29. The molecule has 7 heteroatoms. The summed E-state index contributed by atoms with van der Waals surface area (Å²) in [6, 6.07) is 2.30. The minimum absolute atomic E-state index is 0.0322. The number of alkyl halides is 1. The van der Waals surface area contributed by atoms with E-state index < -0.39 is 15.8 Å². The summed E-state index contributed by atoms with van der Waals surface area (Å²) in [4.78, 5) is -0.0841. The van der Waals surface area contributed by atoms with E-state index in [9.17, 15) is 12.8 Å². The lowest BCUT2D eigenvalue weighted by Gasteiger charge is -2.17. The molecule has 0 aromatic heterocycles. The zero-order valence-corrected chi connectivity index (χ0v) is 12.7. The van der Waals surface area contributed by atoms with Crippen LogP contribution in [0.2, 0.25) is 5.02 Å². The molecule has 1 unspecified atom stereocenters. The van der Waals surface area contributed by atoms with Gasteiger partial charge in [-0.05, 0) is 30.0 Å². The number of nitrogens with zero attached hydrogens (tertiary/aromatic N) is 1. The van der Waals surface area contributed by atoms with E-state index in [0.29, 0.717) is 19.0 Å². The lowest BCUT2D eigenvalue weighted by atomic mass is 10.2. The van der Waals surface area contributed by atoms with Gasteiger partial charge in [-0.25, -0.2) is 12.8 Å². The Balaban J connectivity index is 2.44. The SMILES string of the molecule is CC1CCN(S(=O)(=O)c2cc(F)c(Cl)c(CCl)c2)C1. The molecule has 19 heavy (non-hydrogen) atoms. The van der Waals surface area contributed by atoms with Crippen molar-refractivity contribution in [2.24, 2.45) is 5.92 Å². The number of benzene rings is 1. The summed E-state index contributed by atoms with van der Waals surface area (Å²) in [5.74, 6) is -0.472. The maximum atomic E-state index is 13.6. The average molecular weight is 326 g/mol. The lowest BCUT2D eigenvalue weighted by Crippen LogP contribution is -2.28.